The summed E-state index contributed by atoms with van der Waals surface area (Å²) in [4.78, 5) is 0. The lowest BCUT2D eigenvalue weighted by atomic mass is 9.61. The molecule has 0 atom stereocenters. The summed E-state index contributed by atoms with van der Waals surface area (Å²) in [5.41, 5.74) is 6.03. The molecule has 2 rings (SSSR count). The minimum atomic E-state index is 0.0741. The van der Waals surface area contributed by atoms with Crippen LogP contribution in [0, 0.1) is 0 Å². The third-order valence-electron chi connectivity index (χ3n) is 1.70. The molecule has 0 aliphatic heterocycles. The van der Waals surface area contributed by atoms with E-state index in [2.05, 4.69) is 22.9 Å². The van der Waals surface area contributed by atoms with Crippen molar-refractivity contribution in [3.05, 3.63) is 35.0 Å². The van der Waals surface area contributed by atoms with Crippen molar-refractivity contribution in [2.45, 2.75) is 0 Å². The van der Waals surface area contributed by atoms with E-state index in [9.17, 15) is 0 Å². The summed E-state index contributed by atoms with van der Waals surface area (Å²) in [5.74, 6) is 0. The highest BCUT2D eigenvalue weighted by atomic mass is 32.1. The molecule has 0 saturated carbocycles. The Morgan fingerprint density at radius 2 is 1.50 bits per heavy atom. The lowest BCUT2D eigenvalue weighted by Crippen LogP contribution is -2.47. The van der Waals surface area contributed by atoms with E-state index >= 15 is 0 Å². The van der Waals surface area contributed by atoms with Crippen LogP contribution in [-0.2, 0) is 0 Å². The molecular weight excluding hydrogens is 185 g/mol. The summed E-state index contributed by atoms with van der Waals surface area (Å²) in [7, 11) is 0. The zero-order valence-corrected chi connectivity index (χ0v) is 8.07. The second kappa shape index (κ2) is 3.43. The summed E-state index contributed by atoms with van der Waals surface area (Å²) < 4.78 is 2.47. The SMILES string of the molecule is NB(c1cccs1)c1cccs1. The van der Waals surface area contributed by atoms with Crippen molar-refractivity contribution in [1.82, 2.24) is 0 Å². The second-order valence-corrected chi connectivity index (χ2v) is 4.47. The standard InChI is InChI=1S/C8H8BNS2/c10-9(7-3-1-5-11-7)8-4-2-6-12-8/h1-6H,10H2. The molecule has 0 unspecified atom stereocenters. The Balaban J connectivity index is 2.27. The first-order valence-electron chi connectivity index (χ1n) is 3.70. The van der Waals surface area contributed by atoms with Crippen LogP contribution in [-0.4, -0.2) is 6.85 Å². The smallest absolute Gasteiger partial charge is 0.307 e. The lowest BCUT2D eigenvalue weighted by Gasteiger charge is -1.99. The Kier molecular flexibility index (Phi) is 2.30. The first kappa shape index (κ1) is 8.04. The van der Waals surface area contributed by atoms with E-state index in [0.29, 0.717) is 0 Å². The first-order chi connectivity index (χ1) is 5.88. The van der Waals surface area contributed by atoms with Gasteiger partial charge in [-0.2, -0.15) is 22.7 Å². The van der Waals surface area contributed by atoms with Crippen LogP contribution in [0.25, 0.3) is 0 Å². The Morgan fingerprint density at radius 1 is 1.00 bits per heavy atom. The van der Waals surface area contributed by atoms with Gasteiger partial charge in [-0.1, -0.05) is 24.3 Å². The first-order valence-corrected chi connectivity index (χ1v) is 5.46. The van der Waals surface area contributed by atoms with Gasteiger partial charge in [-0.05, 0) is 20.3 Å². The van der Waals surface area contributed by atoms with Crippen LogP contribution in [0.15, 0.2) is 35.0 Å². The monoisotopic (exact) mass is 193 g/mol. The number of nitrogens with two attached hydrogens (primary N) is 1. The number of thiophene rings is 2. The van der Waals surface area contributed by atoms with Crippen molar-refractivity contribution in [3.63, 3.8) is 0 Å². The summed E-state index contributed by atoms with van der Waals surface area (Å²) >= 11 is 3.42. The van der Waals surface area contributed by atoms with Crippen molar-refractivity contribution in [3.8, 4) is 0 Å². The lowest BCUT2D eigenvalue weighted by molar-refractivity contribution is 1.85. The third-order valence-corrected chi connectivity index (χ3v) is 3.61. The molecule has 4 heteroatoms. The van der Waals surface area contributed by atoms with E-state index in [1.165, 1.54) is 9.55 Å². The van der Waals surface area contributed by atoms with E-state index in [4.69, 9.17) is 5.64 Å². The number of hydrogen-bond donors (Lipinski definition) is 1. The van der Waals surface area contributed by atoms with E-state index in [0.717, 1.165) is 0 Å². The topological polar surface area (TPSA) is 26.0 Å². The second-order valence-electron chi connectivity index (χ2n) is 2.51. The maximum Gasteiger partial charge on any atom is 0.307 e. The van der Waals surface area contributed by atoms with Gasteiger partial charge >= 0.3 is 6.85 Å². The Bertz CT molecular complexity index is 294. The molecule has 2 heterocycles. The van der Waals surface area contributed by atoms with Crippen LogP contribution in [0.2, 0.25) is 0 Å². The highest BCUT2D eigenvalue weighted by Crippen LogP contribution is 1.98. The molecule has 0 aliphatic carbocycles. The molecule has 60 valence electrons. The van der Waals surface area contributed by atoms with Crippen molar-refractivity contribution < 1.29 is 0 Å². The quantitative estimate of drug-likeness (QED) is 0.704. The summed E-state index contributed by atoms with van der Waals surface area (Å²) in [6.07, 6.45) is 0. The fraction of sp³-hybridized carbons (Fsp3) is 0. The molecule has 0 aliphatic rings. The molecule has 0 bridgehead atoms. The highest BCUT2D eigenvalue weighted by Gasteiger charge is 2.15. The van der Waals surface area contributed by atoms with Crippen LogP contribution < -0.4 is 15.2 Å². The zero-order valence-electron chi connectivity index (χ0n) is 6.44. The van der Waals surface area contributed by atoms with Gasteiger partial charge in [0.2, 0.25) is 0 Å². The largest absolute Gasteiger partial charge is 0.361 e. The molecule has 0 fully saturated rings. The molecule has 0 radical (unpaired) electrons. The van der Waals surface area contributed by atoms with Crippen molar-refractivity contribution in [2.24, 2.45) is 5.64 Å². The van der Waals surface area contributed by atoms with E-state index in [-0.39, 0.29) is 6.85 Å². The van der Waals surface area contributed by atoms with Crippen LogP contribution in [0.4, 0.5) is 0 Å². The summed E-state index contributed by atoms with van der Waals surface area (Å²) in [6.45, 7) is 0.0741. The minimum absolute atomic E-state index is 0.0741. The van der Waals surface area contributed by atoms with E-state index in [1.807, 2.05) is 12.1 Å². The van der Waals surface area contributed by atoms with Crippen LogP contribution in [0.1, 0.15) is 0 Å². The molecule has 0 amide bonds. The normalized spacial score (nSPS) is 10.1. The van der Waals surface area contributed by atoms with Crippen molar-refractivity contribution in [1.29, 1.82) is 0 Å². The van der Waals surface area contributed by atoms with Gasteiger partial charge in [0.05, 0.1) is 0 Å². The van der Waals surface area contributed by atoms with E-state index < -0.39 is 0 Å². The van der Waals surface area contributed by atoms with Gasteiger partial charge in [0, 0.05) is 0 Å². The predicted octanol–water partition coefficient (Wildman–Crippen LogP) is 0.874. The average Bonchev–Trinajstić information content (AvgIpc) is 2.77. The van der Waals surface area contributed by atoms with Gasteiger partial charge in [-0.25, -0.2) is 0 Å². The average molecular weight is 193 g/mol. The maximum absolute atomic E-state index is 6.03. The van der Waals surface area contributed by atoms with Gasteiger partial charge in [-0.15, -0.1) is 0 Å². The molecule has 12 heavy (non-hydrogen) atoms. The molecule has 2 aromatic heterocycles. The molecular formula is C8H8BNS2. The molecule has 1 nitrogen and oxygen atoms in total. The van der Waals surface area contributed by atoms with Crippen molar-refractivity contribution in [2.75, 3.05) is 0 Å². The molecule has 2 aromatic rings. The van der Waals surface area contributed by atoms with Crippen LogP contribution in [0.5, 0.6) is 0 Å². The molecule has 0 spiro atoms. The molecule has 0 aromatic carbocycles. The third kappa shape index (κ3) is 1.46. The van der Waals surface area contributed by atoms with Gasteiger partial charge < -0.3 is 5.64 Å². The van der Waals surface area contributed by atoms with E-state index in [1.54, 1.807) is 22.7 Å². The Hall–Kier alpha value is -0.575. The zero-order chi connectivity index (χ0) is 8.39. The van der Waals surface area contributed by atoms with Gasteiger partial charge in [0.1, 0.15) is 0 Å². The number of hydrogen-bond acceptors (Lipinski definition) is 3. The molecule has 0 saturated heterocycles. The maximum atomic E-state index is 6.03. The fourth-order valence-corrected chi connectivity index (χ4v) is 2.64. The highest BCUT2D eigenvalue weighted by molar-refractivity contribution is 7.30. The van der Waals surface area contributed by atoms with Crippen LogP contribution >= 0.6 is 22.7 Å². The Morgan fingerprint density at radius 3 is 1.83 bits per heavy atom. The van der Waals surface area contributed by atoms with Crippen LogP contribution in [0.3, 0.4) is 0 Å². The van der Waals surface area contributed by atoms with Gasteiger partial charge in [0.25, 0.3) is 0 Å². The summed E-state index contributed by atoms with van der Waals surface area (Å²) in [5, 5.41) is 4.12. The number of rotatable bonds is 2. The molecule has 2 N–H and O–H groups in total. The fourth-order valence-electron chi connectivity index (χ4n) is 1.08. The minimum Gasteiger partial charge on any atom is -0.361 e. The Labute approximate surface area is 80.0 Å². The summed E-state index contributed by atoms with van der Waals surface area (Å²) in [6, 6.07) is 8.23. The van der Waals surface area contributed by atoms with Gasteiger partial charge in [-0.3, -0.25) is 0 Å². The van der Waals surface area contributed by atoms with Crippen molar-refractivity contribution >= 4 is 39.1 Å². The van der Waals surface area contributed by atoms with Gasteiger partial charge in [0.15, 0.2) is 0 Å². The predicted molar refractivity (Wildman–Crippen MR) is 57.8 cm³/mol.